The van der Waals surface area contributed by atoms with Crippen LogP contribution in [0.2, 0.25) is 0 Å². The standard InChI is InChI=1S/C25H31N3O4/c1-17-14-28(18(2)16-29)25(30)21-12-19(10-11-20-8-6-7-9-22(20)31-5)13-26-24(21)32-23(17)15-27(3)4/h6-9,12-13,17-18,23,29H,14-16H2,1-5H3/t17-,18-,23-/m0/s1. The van der Waals surface area contributed by atoms with Crippen molar-refractivity contribution in [3.63, 3.8) is 0 Å². The summed E-state index contributed by atoms with van der Waals surface area (Å²) in [6.45, 7) is 4.94. The number of carbonyl (C=O) groups excluding carboxylic acids is 1. The second-order valence-corrected chi connectivity index (χ2v) is 8.41. The fourth-order valence-corrected chi connectivity index (χ4v) is 3.64. The van der Waals surface area contributed by atoms with Crippen molar-refractivity contribution in [2.45, 2.75) is 26.0 Å². The molecule has 0 fully saturated rings. The quantitative estimate of drug-likeness (QED) is 0.724. The minimum atomic E-state index is -0.320. The van der Waals surface area contributed by atoms with Crippen molar-refractivity contribution in [2.24, 2.45) is 5.92 Å². The third-order valence-corrected chi connectivity index (χ3v) is 5.51. The molecule has 0 bridgehead atoms. The van der Waals surface area contributed by atoms with Gasteiger partial charge in [-0.1, -0.05) is 30.9 Å². The Morgan fingerprint density at radius 2 is 2.09 bits per heavy atom. The van der Waals surface area contributed by atoms with E-state index in [1.165, 1.54) is 0 Å². The Kier molecular flexibility index (Phi) is 7.73. The van der Waals surface area contributed by atoms with Gasteiger partial charge in [0.1, 0.15) is 17.4 Å². The van der Waals surface area contributed by atoms with Crippen LogP contribution in [0.1, 0.15) is 35.3 Å². The van der Waals surface area contributed by atoms with Gasteiger partial charge in [0.2, 0.25) is 5.88 Å². The van der Waals surface area contributed by atoms with Crippen LogP contribution in [-0.2, 0) is 0 Å². The molecule has 170 valence electrons. The molecule has 3 rings (SSSR count). The van der Waals surface area contributed by atoms with Gasteiger partial charge in [0.25, 0.3) is 5.91 Å². The molecule has 1 aliphatic heterocycles. The second-order valence-electron chi connectivity index (χ2n) is 8.41. The molecule has 0 unspecified atom stereocenters. The van der Waals surface area contributed by atoms with E-state index in [9.17, 15) is 9.90 Å². The number of ether oxygens (including phenoxy) is 2. The summed E-state index contributed by atoms with van der Waals surface area (Å²) in [4.78, 5) is 21.6. The van der Waals surface area contributed by atoms with Crippen molar-refractivity contribution < 1.29 is 19.4 Å². The molecule has 2 aromatic rings. The Balaban J connectivity index is 2.02. The van der Waals surface area contributed by atoms with E-state index in [1.807, 2.05) is 45.3 Å². The maximum Gasteiger partial charge on any atom is 0.259 e. The monoisotopic (exact) mass is 437 g/mol. The number of rotatable bonds is 5. The number of fused-ring (bicyclic) bond motifs is 1. The zero-order chi connectivity index (χ0) is 23.3. The summed E-state index contributed by atoms with van der Waals surface area (Å²) < 4.78 is 11.6. The average Bonchev–Trinajstić information content (AvgIpc) is 2.79. The number of aromatic nitrogens is 1. The smallest absolute Gasteiger partial charge is 0.259 e. The Morgan fingerprint density at radius 3 is 2.78 bits per heavy atom. The highest BCUT2D eigenvalue weighted by molar-refractivity contribution is 5.97. The summed E-state index contributed by atoms with van der Waals surface area (Å²) >= 11 is 0. The molecule has 2 heterocycles. The minimum Gasteiger partial charge on any atom is -0.495 e. The van der Waals surface area contributed by atoms with Crippen molar-refractivity contribution in [2.75, 3.05) is 40.9 Å². The summed E-state index contributed by atoms with van der Waals surface area (Å²) in [5.74, 6) is 6.99. The zero-order valence-electron chi connectivity index (χ0n) is 19.3. The van der Waals surface area contributed by atoms with E-state index in [1.54, 1.807) is 24.3 Å². The van der Waals surface area contributed by atoms with Gasteiger partial charge in [-0.05, 0) is 39.2 Å². The highest BCUT2D eigenvalue weighted by atomic mass is 16.5. The summed E-state index contributed by atoms with van der Waals surface area (Å²) in [6, 6.07) is 8.89. The normalized spacial score (nSPS) is 19.2. The lowest BCUT2D eigenvalue weighted by atomic mass is 10.00. The number of para-hydroxylation sites is 1. The highest BCUT2D eigenvalue weighted by Crippen LogP contribution is 2.27. The Hall–Kier alpha value is -3.08. The molecule has 32 heavy (non-hydrogen) atoms. The van der Waals surface area contributed by atoms with Crippen LogP contribution in [0.3, 0.4) is 0 Å². The largest absolute Gasteiger partial charge is 0.495 e. The van der Waals surface area contributed by atoms with Gasteiger partial charge in [-0.15, -0.1) is 0 Å². The van der Waals surface area contributed by atoms with Gasteiger partial charge in [0.15, 0.2) is 0 Å². The molecule has 0 radical (unpaired) electrons. The van der Waals surface area contributed by atoms with E-state index in [0.717, 1.165) is 5.56 Å². The van der Waals surface area contributed by atoms with Crippen LogP contribution in [0, 0.1) is 17.8 Å². The molecular formula is C25H31N3O4. The molecule has 1 aliphatic rings. The summed E-state index contributed by atoms with van der Waals surface area (Å²) in [5.41, 5.74) is 1.70. The Bertz CT molecular complexity index is 1010. The third kappa shape index (κ3) is 5.39. The van der Waals surface area contributed by atoms with E-state index in [4.69, 9.17) is 9.47 Å². The van der Waals surface area contributed by atoms with E-state index < -0.39 is 0 Å². The summed E-state index contributed by atoms with van der Waals surface area (Å²) in [7, 11) is 5.57. The number of hydrogen-bond acceptors (Lipinski definition) is 6. The number of carbonyl (C=O) groups is 1. The van der Waals surface area contributed by atoms with Crippen LogP contribution in [-0.4, -0.2) is 78.8 Å². The SMILES string of the molecule is COc1ccccc1C#Cc1cnc2c(c1)C(=O)N([C@@H](C)CO)C[C@H](C)[C@H](CN(C)C)O2. The van der Waals surface area contributed by atoms with Crippen molar-refractivity contribution in [3.05, 3.63) is 53.2 Å². The van der Waals surface area contributed by atoms with E-state index in [0.29, 0.717) is 35.8 Å². The molecular weight excluding hydrogens is 406 g/mol. The van der Waals surface area contributed by atoms with Gasteiger partial charge in [-0.3, -0.25) is 4.79 Å². The molecule has 1 amide bonds. The second kappa shape index (κ2) is 10.5. The maximum absolute atomic E-state index is 13.4. The molecule has 7 heteroatoms. The van der Waals surface area contributed by atoms with Gasteiger partial charge in [-0.25, -0.2) is 4.98 Å². The van der Waals surface area contributed by atoms with Crippen LogP contribution in [0.4, 0.5) is 0 Å². The van der Waals surface area contributed by atoms with Crippen LogP contribution in [0.5, 0.6) is 11.6 Å². The fourth-order valence-electron chi connectivity index (χ4n) is 3.64. The van der Waals surface area contributed by atoms with E-state index in [-0.39, 0.29) is 30.6 Å². The number of likely N-dealkylation sites (N-methyl/N-ethyl adjacent to an activating group) is 1. The number of amides is 1. The van der Waals surface area contributed by atoms with Crippen molar-refractivity contribution in [1.29, 1.82) is 0 Å². The summed E-state index contributed by atoms with van der Waals surface area (Å²) in [6.07, 6.45) is 1.47. The molecule has 0 aliphatic carbocycles. The topological polar surface area (TPSA) is 75.1 Å². The van der Waals surface area contributed by atoms with Crippen LogP contribution >= 0.6 is 0 Å². The van der Waals surface area contributed by atoms with Crippen LogP contribution in [0.15, 0.2) is 36.5 Å². The lowest BCUT2D eigenvalue weighted by molar-refractivity contribution is 0.0348. The first kappa shape index (κ1) is 23.6. The van der Waals surface area contributed by atoms with Gasteiger partial charge < -0.3 is 24.4 Å². The number of nitrogens with zero attached hydrogens (tertiary/aromatic N) is 3. The van der Waals surface area contributed by atoms with Gasteiger partial charge in [0.05, 0.1) is 25.3 Å². The molecule has 1 aromatic carbocycles. The number of methoxy groups -OCH3 is 1. The molecule has 3 atom stereocenters. The number of pyridine rings is 1. The van der Waals surface area contributed by atoms with Gasteiger partial charge >= 0.3 is 0 Å². The van der Waals surface area contributed by atoms with Crippen molar-refractivity contribution in [3.8, 4) is 23.5 Å². The molecule has 0 saturated carbocycles. The van der Waals surface area contributed by atoms with Gasteiger partial charge in [0, 0.05) is 30.8 Å². The van der Waals surface area contributed by atoms with E-state index >= 15 is 0 Å². The van der Waals surface area contributed by atoms with Crippen molar-refractivity contribution >= 4 is 5.91 Å². The minimum absolute atomic E-state index is 0.0651. The number of benzene rings is 1. The molecule has 0 saturated heterocycles. The lowest BCUT2D eigenvalue weighted by Crippen LogP contribution is -2.49. The zero-order valence-corrected chi connectivity index (χ0v) is 19.3. The van der Waals surface area contributed by atoms with Crippen LogP contribution in [0.25, 0.3) is 0 Å². The van der Waals surface area contributed by atoms with Gasteiger partial charge in [-0.2, -0.15) is 0 Å². The molecule has 0 spiro atoms. The first-order valence-corrected chi connectivity index (χ1v) is 10.7. The van der Waals surface area contributed by atoms with Crippen molar-refractivity contribution in [1.82, 2.24) is 14.8 Å². The molecule has 1 N–H and O–H groups in total. The Labute approximate surface area is 190 Å². The predicted molar refractivity (Wildman–Crippen MR) is 123 cm³/mol. The predicted octanol–water partition coefficient (Wildman–Crippen LogP) is 2.27. The lowest BCUT2D eigenvalue weighted by Gasteiger charge is -2.37. The van der Waals surface area contributed by atoms with Crippen LogP contribution < -0.4 is 9.47 Å². The molecule has 7 nitrogen and oxygen atoms in total. The number of aliphatic hydroxyl groups is 1. The van der Waals surface area contributed by atoms with E-state index in [2.05, 4.69) is 28.6 Å². The Morgan fingerprint density at radius 1 is 1.34 bits per heavy atom. The number of aliphatic hydroxyl groups excluding tert-OH is 1. The average molecular weight is 438 g/mol. The number of hydrogen-bond donors (Lipinski definition) is 1. The highest BCUT2D eigenvalue weighted by Gasteiger charge is 2.33. The first-order valence-electron chi connectivity index (χ1n) is 10.7. The summed E-state index contributed by atoms with van der Waals surface area (Å²) in [5, 5.41) is 9.74. The molecule has 1 aromatic heterocycles. The fraction of sp³-hybridized carbons (Fsp3) is 0.440. The first-order chi connectivity index (χ1) is 15.3. The third-order valence-electron chi connectivity index (χ3n) is 5.51. The maximum atomic E-state index is 13.4.